The maximum absolute atomic E-state index is 12.0. The fraction of sp³-hybridized carbons (Fsp3) is 0.273. The van der Waals surface area contributed by atoms with Crippen LogP contribution in [-0.4, -0.2) is 43.8 Å². The summed E-state index contributed by atoms with van der Waals surface area (Å²) < 4.78 is 3.25. The van der Waals surface area contributed by atoms with Crippen molar-refractivity contribution < 1.29 is 9.59 Å². The standard InChI is InChI=1S/C22H26N8O2/c1-15-8-17(3)29(27-15)13-21(31)25-23-11-19-6-5-7-20(10-19)12-24-26-22(32)14-30-18(4)9-16(2)28-30/h5-12H,13-14H2,1-4H3,(H,25,31)(H,26,32)/b23-11+,24-12+. The zero-order chi connectivity index (χ0) is 23.1. The number of aromatic nitrogens is 4. The Bertz CT molecular complexity index is 1090. The minimum absolute atomic E-state index is 0.0982. The number of benzene rings is 1. The number of nitrogens with zero attached hydrogens (tertiary/aromatic N) is 6. The number of nitrogens with one attached hydrogen (secondary N) is 2. The number of hydrogen-bond donors (Lipinski definition) is 2. The lowest BCUT2D eigenvalue weighted by Gasteiger charge is -2.03. The lowest BCUT2D eigenvalue weighted by molar-refractivity contribution is -0.122. The second-order valence-corrected chi connectivity index (χ2v) is 7.43. The molecule has 0 saturated heterocycles. The third kappa shape index (κ3) is 6.46. The van der Waals surface area contributed by atoms with Crippen molar-refractivity contribution in [1.82, 2.24) is 30.4 Å². The summed E-state index contributed by atoms with van der Waals surface area (Å²) >= 11 is 0. The van der Waals surface area contributed by atoms with E-state index >= 15 is 0 Å². The van der Waals surface area contributed by atoms with Gasteiger partial charge in [-0.15, -0.1) is 0 Å². The second-order valence-electron chi connectivity index (χ2n) is 7.43. The summed E-state index contributed by atoms with van der Waals surface area (Å²) in [6.07, 6.45) is 3.08. The average Bonchev–Trinajstić information content (AvgIpc) is 3.21. The number of carbonyl (C=O) groups is 2. The molecule has 0 aliphatic rings. The van der Waals surface area contributed by atoms with Crippen LogP contribution in [0.2, 0.25) is 0 Å². The summed E-state index contributed by atoms with van der Waals surface area (Å²) in [7, 11) is 0. The van der Waals surface area contributed by atoms with Crippen LogP contribution >= 0.6 is 0 Å². The van der Waals surface area contributed by atoms with E-state index in [1.165, 1.54) is 12.4 Å². The van der Waals surface area contributed by atoms with Crippen LogP contribution in [0.15, 0.2) is 46.6 Å². The van der Waals surface area contributed by atoms with Crippen LogP contribution < -0.4 is 10.9 Å². The molecule has 3 rings (SSSR count). The Morgan fingerprint density at radius 1 is 0.812 bits per heavy atom. The van der Waals surface area contributed by atoms with Gasteiger partial charge in [-0.05, 0) is 57.0 Å². The van der Waals surface area contributed by atoms with E-state index in [0.717, 1.165) is 33.9 Å². The molecule has 0 spiro atoms. The minimum atomic E-state index is -0.268. The molecule has 2 aromatic heterocycles. The fourth-order valence-corrected chi connectivity index (χ4v) is 3.09. The maximum atomic E-state index is 12.0. The summed E-state index contributed by atoms with van der Waals surface area (Å²) in [4.78, 5) is 24.1. The largest absolute Gasteiger partial charge is 0.271 e. The molecule has 32 heavy (non-hydrogen) atoms. The molecule has 3 aromatic rings. The molecule has 166 valence electrons. The number of hydrazone groups is 2. The minimum Gasteiger partial charge on any atom is -0.271 e. The third-order valence-electron chi connectivity index (χ3n) is 4.51. The normalized spacial score (nSPS) is 11.4. The molecule has 2 amide bonds. The maximum Gasteiger partial charge on any atom is 0.261 e. The van der Waals surface area contributed by atoms with Crippen molar-refractivity contribution in [3.05, 3.63) is 70.3 Å². The highest BCUT2D eigenvalue weighted by atomic mass is 16.2. The number of hydrogen-bond acceptors (Lipinski definition) is 6. The molecule has 0 aliphatic heterocycles. The van der Waals surface area contributed by atoms with E-state index in [0.29, 0.717) is 0 Å². The second kappa shape index (κ2) is 10.3. The highest BCUT2D eigenvalue weighted by molar-refractivity contribution is 5.87. The molecule has 0 unspecified atom stereocenters. The highest BCUT2D eigenvalue weighted by Gasteiger charge is 2.07. The van der Waals surface area contributed by atoms with Gasteiger partial charge in [0.1, 0.15) is 13.1 Å². The van der Waals surface area contributed by atoms with Crippen LogP contribution in [0.25, 0.3) is 0 Å². The number of carbonyl (C=O) groups excluding carboxylic acids is 2. The first-order chi connectivity index (χ1) is 15.3. The van der Waals surface area contributed by atoms with Crippen molar-refractivity contribution in [2.45, 2.75) is 40.8 Å². The van der Waals surface area contributed by atoms with Gasteiger partial charge in [0.05, 0.1) is 23.8 Å². The molecule has 10 nitrogen and oxygen atoms in total. The van der Waals surface area contributed by atoms with E-state index in [-0.39, 0.29) is 24.9 Å². The van der Waals surface area contributed by atoms with Crippen molar-refractivity contribution in [2.75, 3.05) is 0 Å². The fourth-order valence-electron chi connectivity index (χ4n) is 3.09. The molecular weight excluding hydrogens is 408 g/mol. The molecular formula is C22H26N8O2. The van der Waals surface area contributed by atoms with Gasteiger partial charge < -0.3 is 0 Å². The highest BCUT2D eigenvalue weighted by Crippen LogP contribution is 2.03. The molecule has 0 fully saturated rings. The van der Waals surface area contributed by atoms with Crippen LogP contribution in [0.1, 0.15) is 33.9 Å². The summed E-state index contributed by atoms with van der Waals surface area (Å²) in [5.74, 6) is -0.536. The van der Waals surface area contributed by atoms with Gasteiger partial charge >= 0.3 is 0 Å². The van der Waals surface area contributed by atoms with Gasteiger partial charge in [0, 0.05) is 11.4 Å². The molecule has 2 heterocycles. The zero-order valence-corrected chi connectivity index (χ0v) is 18.5. The van der Waals surface area contributed by atoms with E-state index in [2.05, 4.69) is 31.3 Å². The molecule has 2 N–H and O–H groups in total. The third-order valence-corrected chi connectivity index (χ3v) is 4.51. The van der Waals surface area contributed by atoms with Crippen LogP contribution in [0.5, 0.6) is 0 Å². The van der Waals surface area contributed by atoms with Gasteiger partial charge in [0.15, 0.2) is 0 Å². The summed E-state index contributed by atoms with van der Waals surface area (Å²) in [6, 6.07) is 11.2. The number of amides is 2. The predicted molar refractivity (Wildman–Crippen MR) is 121 cm³/mol. The Morgan fingerprint density at radius 2 is 1.25 bits per heavy atom. The molecule has 1 aromatic carbocycles. The summed E-state index contributed by atoms with van der Waals surface area (Å²) in [5, 5.41) is 16.5. The van der Waals surface area contributed by atoms with Crippen LogP contribution in [0.3, 0.4) is 0 Å². The van der Waals surface area contributed by atoms with E-state index in [1.54, 1.807) is 9.36 Å². The molecule has 10 heteroatoms. The lowest BCUT2D eigenvalue weighted by atomic mass is 10.1. The first kappa shape index (κ1) is 22.6. The van der Waals surface area contributed by atoms with E-state index in [1.807, 2.05) is 64.1 Å². The quantitative estimate of drug-likeness (QED) is 0.414. The first-order valence-electron chi connectivity index (χ1n) is 10.1. The molecule has 0 aliphatic carbocycles. The van der Waals surface area contributed by atoms with E-state index in [4.69, 9.17) is 0 Å². The number of aryl methyl sites for hydroxylation is 4. The Balaban J connectivity index is 1.49. The van der Waals surface area contributed by atoms with E-state index < -0.39 is 0 Å². The van der Waals surface area contributed by atoms with Crippen molar-refractivity contribution in [3.63, 3.8) is 0 Å². The van der Waals surface area contributed by atoms with Gasteiger partial charge in [-0.1, -0.05) is 18.2 Å². The monoisotopic (exact) mass is 434 g/mol. The predicted octanol–water partition coefficient (Wildman–Crippen LogP) is 1.61. The molecule has 0 atom stereocenters. The Kier molecular flexibility index (Phi) is 7.27. The van der Waals surface area contributed by atoms with Gasteiger partial charge in [0.25, 0.3) is 11.8 Å². The Hall–Kier alpha value is -4.08. The lowest BCUT2D eigenvalue weighted by Crippen LogP contribution is -2.24. The van der Waals surface area contributed by atoms with Gasteiger partial charge in [0.2, 0.25) is 0 Å². The van der Waals surface area contributed by atoms with Gasteiger partial charge in [-0.3, -0.25) is 19.0 Å². The molecule has 0 bridgehead atoms. The van der Waals surface area contributed by atoms with Crippen molar-refractivity contribution in [2.24, 2.45) is 10.2 Å². The Morgan fingerprint density at radius 3 is 1.62 bits per heavy atom. The van der Waals surface area contributed by atoms with Crippen molar-refractivity contribution in [1.29, 1.82) is 0 Å². The molecule has 0 radical (unpaired) electrons. The topological polar surface area (TPSA) is 119 Å². The SMILES string of the molecule is Cc1cc(C)n(CC(=O)N/N=C/c2cccc(/C=N/NC(=O)Cn3nc(C)cc3C)c2)n1. The molecule has 0 saturated carbocycles. The number of rotatable bonds is 8. The van der Waals surface area contributed by atoms with Crippen LogP contribution in [0.4, 0.5) is 0 Å². The summed E-state index contributed by atoms with van der Waals surface area (Å²) in [6.45, 7) is 7.74. The smallest absolute Gasteiger partial charge is 0.261 e. The first-order valence-corrected chi connectivity index (χ1v) is 10.1. The van der Waals surface area contributed by atoms with Gasteiger partial charge in [-0.25, -0.2) is 10.9 Å². The average molecular weight is 435 g/mol. The van der Waals surface area contributed by atoms with Crippen LogP contribution in [0, 0.1) is 27.7 Å². The summed E-state index contributed by atoms with van der Waals surface area (Å²) in [5.41, 5.74) is 10.1. The van der Waals surface area contributed by atoms with Gasteiger partial charge in [-0.2, -0.15) is 20.4 Å². The Labute approximate surface area is 186 Å². The van der Waals surface area contributed by atoms with Crippen molar-refractivity contribution >= 4 is 24.2 Å². The zero-order valence-electron chi connectivity index (χ0n) is 18.5. The van der Waals surface area contributed by atoms with E-state index in [9.17, 15) is 9.59 Å². The van der Waals surface area contributed by atoms with Crippen molar-refractivity contribution in [3.8, 4) is 0 Å². The van der Waals surface area contributed by atoms with Crippen LogP contribution in [-0.2, 0) is 22.7 Å².